The summed E-state index contributed by atoms with van der Waals surface area (Å²) in [6.45, 7) is 4.93. The number of carbonyl (C=O) groups is 3. The van der Waals surface area contributed by atoms with E-state index in [1.807, 2.05) is 41.3 Å². The van der Waals surface area contributed by atoms with Gasteiger partial charge in [0.05, 0.1) is 5.56 Å². The summed E-state index contributed by atoms with van der Waals surface area (Å²) in [5, 5.41) is 2.75. The van der Waals surface area contributed by atoms with Crippen LogP contribution in [-0.2, 0) is 27.3 Å². The van der Waals surface area contributed by atoms with Crippen LogP contribution in [0.3, 0.4) is 0 Å². The molecule has 6 nitrogen and oxygen atoms in total. The predicted molar refractivity (Wildman–Crippen MR) is 110 cm³/mol. The van der Waals surface area contributed by atoms with Gasteiger partial charge in [0.15, 0.2) is 6.10 Å². The van der Waals surface area contributed by atoms with Gasteiger partial charge in [0.25, 0.3) is 5.91 Å². The summed E-state index contributed by atoms with van der Waals surface area (Å²) in [5.74, 6) is -0.776. The van der Waals surface area contributed by atoms with Crippen molar-refractivity contribution in [2.75, 3.05) is 11.9 Å². The molecule has 1 atom stereocenters. The number of amides is 2. The molecular formula is C23H26N2O4. The number of aryl methyl sites for hydroxylation is 1. The molecule has 0 spiro atoms. The third kappa shape index (κ3) is 5.44. The molecule has 6 heteroatoms. The molecule has 1 fully saturated rings. The molecule has 0 aromatic heterocycles. The van der Waals surface area contributed by atoms with Crippen molar-refractivity contribution in [2.24, 2.45) is 0 Å². The minimum absolute atomic E-state index is 0.164. The van der Waals surface area contributed by atoms with E-state index in [4.69, 9.17) is 4.74 Å². The average molecular weight is 394 g/mol. The fraction of sp³-hybridized carbons (Fsp3) is 0.348. The quantitative estimate of drug-likeness (QED) is 0.729. The Morgan fingerprint density at radius 2 is 1.72 bits per heavy atom. The minimum Gasteiger partial charge on any atom is -0.449 e. The van der Waals surface area contributed by atoms with E-state index in [2.05, 4.69) is 12.2 Å². The normalized spacial score (nSPS) is 14.6. The summed E-state index contributed by atoms with van der Waals surface area (Å²) in [6.07, 6.45) is 1.50. The first-order chi connectivity index (χ1) is 14.0. The van der Waals surface area contributed by atoms with E-state index >= 15 is 0 Å². The second-order valence-electron chi connectivity index (χ2n) is 7.20. The third-order valence-corrected chi connectivity index (χ3v) is 5.02. The van der Waals surface area contributed by atoms with Crippen LogP contribution in [0.4, 0.5) is 5.69 Å². The third-order valence-electron chi connectivity index (χ3n) is 5.02. The Hall–Kier alpha value is -3.15. The van der Waals surface area contributed by atoms with Gasteiger partial charge in [0.2, 0.25) is 5.91 Å². The molecule has 1 N–H and O–H groups in total. The molecule has 152 valence electrons. The zero-order valence-electron chi connectivity index (χ0n) is 16.8. The molecule has 0 bridgehead atoms. The molecule has 2 aromatic rings. The van der Waals surface area contributed by atoms with Crippen molar-refractivity contribution in [2.45, 2.75) is 45.8 Å². The highest BCUT2D eigenvalue weighted by Crippen LogP contribution is 2.16. The van der Waals surface area contributed by atoms with E-state index in [0.29, 0.717) is 24.2 Å². The smallest absolute Gasteiger partial charge is 0.338 e. The van der Waals surface area contributed by atoms with Crippen LogP contribution in [0.5, 0.6) is 0 Å². The largest absolute Gasteiger partial charge is 0.449 e. The van der Waals surface area contributed by atoms with Crippen molar-refractivity contribution in [1.29, 1.82) is 0 Å². The molecule has 2 amide bonds. The summed E-state index contributed by atoms with van der Waals surface area (Å²) in [5.41, 5.74) is 3.17. The van der Waals surface area contributed by atoms with Gasteiger partial charge in [-0.15, -0.1) is 0 Å². The van der Waals surface area contributed by atoms with Gasteiger partial charge in [-0.2, -0.15) is 0 Å². The van der Waals surface area contributed by atoms with Gasteiger partial charge in [-0.05, 0) is 55.2 Å². The molecular weight excluding hydrogens is 368 g/mol. The van der Waals surface area contributed by atoms with Gasteiger partial charge >= 0.3 is 5.97 Å². The van der Waals surface area contributed by atoms with Crippen molar-refractivity contribution in [3.05, 3.63) is 65.2 Å². The van der Waals surface area contributed by atoms with Crippen molar-refractivity contribution in [3.8, 4) is 0 Å². The van der Waals surface area contributed by atoms with Crippen LogP contribution in [0.2, 0.25) is 0 Å². The Morgan fingerprint density at radius 3 is 2.31 bits per heavy atom. The highest BCUT2D eigenvalue weighted by atomic mass is 16.5. The van der Waals surface area contributed by atoms with E-state index in [9.17, 15) is 14.4 Å². The number of anilines is 1. The van der Waals surface area contributed by atoms with Gasteiger partial charge in [0.1, 0.15) is 0 Å². The van der Waals surface area contributed by atoms with Crippen LogP contribution in [-0.4, -0.2) is 35.3 Å². The second-order valence-corrected chi connectivity index (χ2v) is 7.20. The number of rotatable bonds is 7. The first-order valence-corrected chi connectivity index (χ1v) is 9.93. The molecule has 0 unspecified atom stereocenters. The SMILES string of the molecule is CCc1ccc(NC(=O)[C@H](C)OC(=O)c2ccc(CN3CCCC3=O)cc2)cc1. The monoisotopic (exact) mass is 394 g/mol. The van der Waals surface area contributed by atoms with Crippen molar-refractivity contribution < 1.29 is 19.1 Å². The summed E-state index contributed by atoms with van der Waals surface area (Å²) < 4.78 is 5.29. The lowest BCUT2D eigenvalue weighted by Gasteiger charge is -2.16. The van der Waals surface area contributed by atoms with Crippen LogP contribution >= 0.6 is 0 Å². The number of carbonyl (C=O) groups excluding carboxylic acids is 3. The first-order valence-electron chi connectivity index (χ1n) is 9.93. The number of likely N-dealkylation sites (tertiary alicyclic amines) is 1. The molecule has 0 aliphatic carbocycles. The predicted octanol–water partition coefficient (Wildman–Crippen LogP) is 3.56. The number of ether oxygens (including phenoxy) is 1. The van der Waals surface area contributed by atoms with Gasteiger partial charge in [-0.1, -0.05) is 31.2 Å². The van der Waals surface area contributed by atoms with Crippen molar-refractivity contribution in [1.82, 2.24) is 4.90 Å². The maximum atomic E-state index is 12.3. The Kier molecular flexibility index (Phi) is 6.65. The molecule has 0 saturated carbocycles. The van der Waals surface area contributed by atoms with Crippen LogP contribution in [0.25, 0.3) is 0 Å². The number of hydrogen-bond donors (Lipinski definition) is 1. The lowest BCUT2D eigenvalue weighted by Crippen LogP contribution is -2.30. The van der Waals surface area contributed by atoms with Crippen LogP contribution in [0.15, 0.2) is 48.5 Å². The number of nitrogens with one attached hydrogen (secondary N) is 1. The Balaban J connectivity index is 1.52. The van der Waals surface area contributed by atoms with E-state index in [-0.39, 0.29) is 11.8 Å². The Bertz CT molecular complexity index is 875. The Labute approximate surface area is 170 Å². The van der Waals surface area contributed by atoms with Gasteiger partial charge in [-0.3, -0.25) is 9.59 Å². The van der Waals surface area contributed by atoms with E-state index in [1.165, 1.54) is 5.56 Å². The zero-order valence-corrected chi connectivity index (χ0v) is 16.8. The second kappa shape index (κ2) is 9.37. The summed E-state index contributed by atoms with van der Waals surface area (Å²) >= 11 is 0. The molecule has 1 heterocycles. The molecule has 1 saturated heterocycles. The summed E-state index contributed by atoms with van der Waals surface area (Å²) in [6, 6.07) is 14.5. The van der Waals surface area contributed by atoms with Gasteiger partial charge in [-0.25, -0.2) is 4.79 Å². The highest BCUT2D eigenvalue weighted by Gasteiger charge is 2.21. The standard InChI is InChI=1S/C23H26N2O4/c1-3-17-8-12-20(13-9-17)24-22(27)16(2)29-23(28)19-10-6-18(7-11-19)15-25-14-4-5-21(25)26/h6-13,16H,3-5,14-15H2,1-2H3,(H,24,27)/t16-/m0/s1. The van der Waals surface area contributed by atoms with Crippen molar-refractivity contribution in [3.63, 3.8) is 0 Å². The van der Waals surface area contributed by atoms with E-state index < -0.39 is 12.1 Å². The fourth-order valence-corrected chi connectivity index (χ4v) is 3.19. The zero-order chi connectivity index (χ0) is 20.8. The van der Waals surface area contributed by atoms with E-state index in [0.717, 1.165) is 24.9 Å². The van der Waals surface area contributed by atoms with E-state index in [1.54, 1.807) is 19.1 Å². The number of hydrogen-bond acceptors (Lipinski definition) is 4. The topological polar surface area (TPSA) is 75.7 Å². The van der Waals surface area contributed by atoms with Gasteiger partial charge in [0, 0.05) is 25.2 Å². The Morgan fingerprint density at radius 1 is 1.07 bits per heavy atom. The lowest BCUT2D eigenvalue weighted by atomic mass is 10.1. The van der Waals surface area contributed by atoms with Crippen LogP contribution in [0.1, 0.15) is 48.2 Å². The fourth-order valence-electron chi connectivity index (χ4n) is 3.19. The number of esters is 1. The lowest BCUT2D eigenvalue weighted by molar-refractivity contribution is -0.128. The van der Waals surface area contributed by atoms with Crippen LogP contribution in [0, 0.1) is 0 Å². The summed E-state index contributed by atoms with van der Waals surface area (Å²) in [7, 11) is 0. The molecule has 1 aliphatic rings. The van der Waals surface area contributed by atoms with Crippen molar-refractivity contribution >= 4 is 23.5 Å². The molecule has 3 rings (SSSR count). The molecule has 0 radical (unpaired) electrons. The maximum absolute atomic E-state index is 12.3. The molecule has 2 aromatic carbocycles. The van der Waals surface area contributed by atoms with Gasteiger partial charge < -0.3 is 15.0 Å². The van der Waals surface area contributed by atoms with Crippen LogP contribution < -0.4 is 5.32 Å². The average Bonchev–Trinajstić information content (AvgIpc) is 3.13. The minimum atomic E-state index is -0.921. The molecule has 29 heavy (non-hydrogen) atoms. The number of benzene rings is 2. The summed E-state index contributed by atoms with van der Waals surface area (Å²) in [4.78, 5) is 38.2. The first kappa shape index (κ1) is 20.6. The number of nitrogens with zero attached hydrogens (tertiary/aromatic N) is 1. The maximum Gasteiger partial charge on any atom is 0.338 e. The molecule has 1 aliphatic heterocycles. The highest BCUT2D eigenvalue weighted by molar-refractivity contribution is 5.97.